The summed E-state index contributed by atoms with van der Waals surface area (Å²) in [6, 6.07) is 4.19. The molecule has 4 rings (SSSR count). The quantitative estimate of drug-likeness (QED) is 0.325. The average molecular weight is 488 g/mol. The summed E-state index contributed by atoms with van der Waals surface area (Å²) in [6.45, 7) is 2.15. The van der Waals surface area contributed by atoms with Crippen molar-refractivity contribution in [2.75, 3.05) is 21.3 Å². The Morgan fingerprint density at radius 3 is 2.41 bits per heavy atom. The lowest BCUT2D eigenvalue weighted by atomic mass is 9.95. The fourth-order valence-electron chi connectivity index (χ4n) is 4.36. The van der Waals surface area contributed by atoms with Crippen LogP contribution in [0, 0.1) is 0 Å². The van der Waals surface area contributed by atoms with E-state index in [1.807, 2.05) is 12.1 Å². The van der Waals surface area contributed by atoms with E-state index in [9.17, 15) is 0 Å². The summed E-state index contributed by atoms with van der Waals surface area (Å²) in [5, 5.41) is 14.1. The highest BCUT2D eigenvalue weighted by molar-refractivity contribution is 7.98. The van der Waals surface area contributed by atoms with Gasteiger partial charge in [0.15, 0.2) is 28.3 Å². The maximum atomic E-state index is 5.57. The second-order valence-corrected chi connectivity index (χ2v) is 9.32. The van der Waals surface area contributed by atoms with Crippen LogP contribution < -0.4 is 14.2 Å². The molecule has 1 aromatic carbocycles. The van der Waals surface area contributed by atoms with E-state index in [2.05, 4.69) is 31.8 Å². The van der Waals surface area contributed by atoms with Gasteiger partial charge in [0.2, 0.25) is 11.6 Å². The molecular weight excluding hydrogens is 454 g/mol. The SMILES string of the molecule is CCCCc1noc(CSc2nnc(-c3cc(OC)c(OC)c(OC)c3)n2C2CCCCC2)n1. The van der Waals surface area contributed by atoms with Crippen LogP contribution in [0.1, 0.15) is 69.6 Å². The van der Waals surface area contributed by atoms with Crippen molar-refractivity contribution in [3.05, 3.63) is 23.8 Å². The fraction of sp³-hybridized carbons (Fsp3) is 0.583. The number of benzene rings is 1. The number of aryl methyl sites for hydroxylation is 1. The Balaban J connectivity index is 1.65. The van der Waals surface area contributed by atoms with Crippen molar-refractivity contribution in [1.29, 1.82) is 0 Å². The largest absolute Gasteiger partial charge is 0.493 e. The van der Waals surface area contributed by atoms with Crippen molar-refractivity contribution < 1.29 is 18.7 Å². The number of aromatic nitrogens is 5. The van der Waals surface area contributed by atoms with Crippen molar-refractivity contribution >= 4 is 11.8 Å². The first-order valence-electron chi connectivity index (χ1n) is 11.9. The Hall–Kier alpha value is -2.75. The van der Waals surface area contributed by atoms with E-state index >= 15 is 0 Å². The van der Waals surface area contributed by atoms with Gasteiger partial charge in [-0.2, -0.15) is 4.98 Å². The Morgan fingerprint density at radius 2 is 1.76 bits per heavy atom. The Morgan fingerprint density at radius 1 is 1.03 bits per heavy atom. The molecule has 9 nitrogen and oxygen atoms in total. The van der Waals surface area contributed by atoms with Crippen molar-refractivity contribution in [2.24, 2.45) is 0 Å². The molecule has 184 valence electrons. The molecule has 0 aliphatic heterocycles. The third-order valence-corrected chi connectivity index (χ3v) is 7.04. The van der Waals surface area contributed by atoms with E-state index in [-0.39, 0.29) is 0 Å². The lowest BCUT2D eigenvalue weighted by Crippen LogP contribution is -2.15. The number of unbranched alkanes of at least 4 members (excludes halogenated alkanes) is 1. The lowest BCUT2D eigenvalue weighted by molar-refractivity contribution is 0.324. The molecule has 1 aliphatic rings. The average Bonchev–Trinajstić information content (AvgIpc) is 3.52. The molecule has 0 unspecified atom stereocenters. The number of rotatable bonds is 11. The minimum atomic E-state index is 0.336. The van der Waals surface area contributed by atoms with Gasteiger partial charge in [-0.15, -0.1) is 10.2 Å². The molecule has 0 spiro atoms. The van der Waals surface area contributed by atoms with Crippen LogP contribution in [0.3, 0.4) is 0 Å². The summed E-state index contributed by atoms with van der Waals surface area (Å²) in [4.78, 5) is 4.53. The molecule has 34 heavy (non-hydrogen) atoms. The van der Waals surface area contributed by atoms with Crippen molar-refractivity contribution in [3.63, 3.8) is 0 Å². The summed E-state index contributed by atoms with van der Waals surface area (Å²) in [5.74, 6) is 4.47. The highest BCUT2D eigenvalue weighted by Gasteiger charge is 2.26. The zero-order chi connectivity index (χ0) is 23.9. The van der Waals surface area contributed by atoms with Crippen LogP contribution in [-0.4, -0.2) is 46.2 Å². The predicted octanol–water partition coefficient (Wildman–Crippen LogP) is 5.49. The summed E-state index contributed by atoms with van der Waals surface area (Å²) in [6.07, 6.45) is 8.87. The van der Waals surface area contributed by atoms with Crippen LogP contribution in [-0.2, 0) is 12.2 Å². The molecule has 0 bridgehead atoms. The molecular formula is C24H33N5O4S. The number of methoxy groups -OCH3 is 3. The van der Waals surface area contributed by atoms with Crippen LogP contribution in [0.15, 0.2) is 21.8 Å². The summed E-state index contributed by atoms with van der Waals surface area (Å²) in [7, 11) is 4.84. The Labute approximate surface area is 204 Å². The maximum Gasteiger partial charge on any atom is 0.237 e. The third kappa shape index (κ3) is 5.32. The molecule has 0 N–H and O–H groups in total. The predicted molar refractivity (Wildman–Crippen MR) is 130 cm³/mol. The second-order valence-electron chi connectivity index (χ2n) is 8.38. The van der Waals surface area contributed by atoms with Gasteiger partial charge in [-0.05, 0) is 31.4 Å². The molecule has 1 fully saturated rings. The van der Waals surface area contributed by atoms with Gasteiger partial charge in [-0.3, -0.25) is 4.57 Å². The third-order valence-electron chi connectivity index (χ3n) is 6.12. The first-order chi connectivity index (χ1) is 16.7. The zero-order valence-corrected chi connectivity index (χ0v) is 21.2. The van der Waals surface area contributed by atoms with E-state index in [1.165, 1.54) is 19.3 Å². The molecule has 2 aromatic heterocycles. The van der Waals surface area contributed by atoms with Crippen LogP contribution in [0.25, 0.3) is 11.4 Å². The topological polar surface area (TPSA) is 97.3 Å². The first kappa shape index (κ1) is 24.4. The summed E-state index contributed by atoms with van der Waals surface area (Å²) < 4.78 is 24.4. The van der Waals surface area contributed by atoms with Gasteiger partial charge in [-0.1, -0.05) is 49.5 Å². The van der Waals surface area contributed by atoms with Gasteiger partial charge in [0.1, 0.15) is 0 Å². The van der Waals surface area contributed by atoms with E-state index in [0.717, 1.165) is 54.5 Å². The van der Waals surface area contributed by atoms with Crippen molar-refractivity contribution in [1.82, 2.24) is 24.9 Å². The molecule has 2 heterocycles. The number of hydrogen-bond donors (Lipinski definition) is 0. The number of ether oxygens (including phenoxy) is 3. The monoisotopic (exact) mass is 487 g/mol. The van der Waals surface area contributed by atoms with Crippen LogP contribution in [0.2, 0.25) is 0 Å². The standard InChI is InChI=1S/C24H33N5O4S/c1-5-6-12-20-25-21(33-28-20)15-34-24-27-26-23(29(24)17-10-8-7-9-11-17)16-13-18(30-2)22(32-4)19(14-16)31-3/h13-14,17H,5-12,15H2,1-4H3. The van der Waals surface area contributed by atoms with Crippen molar-refractivity contribution in [3.8, 4) is 28.6 Å². The van der Waals surface area contributed by atoms with Gasteiger partial charge >= 0.3 is 0 Å². The molecule has 3 aromatic rings. The fourth-order valence-corrected chi connectivity index (χ4v) is 5.21. The molecule has 0 saturated heterocycles. The highest BCUT2D eigenvalue weighted by atomic mass is 32.2. The van der Waals surface area contributed by atoms with E-state index in [0.29, 0.717) is 34.9 Å². The van der Waals surface area contributed by atoms with Gasteiger partial charge in [0.25, 0.3) is 0 Å². The number of thioether (sulfide) groups is 1. The lowest BCUT2D eigenvalue weighted by Gasteiger charge is -2.25. The molecule has 1 saturated carbocycles. The van der Waals surface area contributed by atoms with Gasteiger partial charge in [0, 0.05) is 18.0 Å². The molecule has 10 heteroatoms. The van der Waals surface area contributed by atoms with Crippen LogP contribution >= 0.6 is 11.8 Å². The molecule has 1 aliphatic carbocycles. The van der Waals surface area contributed by atoms with E-state index in [1.54, 1.807) is 33.1 Å². The van der Waals surface area contributed by atoms with Gasteiger partial charge in [0.05, 0.1) is 27.1 Å². The smallest absolute Gasteiger partial charge is 0.237 e. The summed E-state index contributed by atoms with van der Waals surface area (Å²) in [5.41, 5.74) is 0.874. The van der Waals surface area contributed by atoms with Crippen LogP contribution in [0.4, 0.5) is 0 Å². The zero-order valence-electron chi connectivity index (χ0n) is 20.4. The van der Waals surface area contributed by atoms with Crippen molar-refractivity contribution in [2.45, 2.75) is 75.2 Å². The van der Waals surface area contributed by atoms with Gasteiger partial charge in [-0.25, -0.2) is 0 Å². The van der Waals surface area contributed by atoms with Crippen LogP contribution in [0.5, 0.6) is 17.2 Å². The maximum absolute atomic E-state index is 5.57. The Bertz CT molecular complexity index is 1050. The summed E-state index contributed by atoms with van der Waals surface area (Å²) >= 11 is 1.58. The minimum absolute atomic E-state index is 0.336. The minimum Gasteiger partial charge on any atom is -0.493 e. The first-order valence-corrected chi connectivity index (χ1v) is 12.9. The van der Waals surface area contributed by atoms with Gasteiger partial charge < -0.3 is 18.7 Å². The van der Waals surface area contributed by atoms with E-state index < -0.39 is 0 Å². The Kier molecular flexibility index (Phi) is 8.31. The molecule has 0 amide bonds. The molecule has 0 atom stereocenters. The highest BCUT2D eigenvalue weighted by Crippen LogP contribution is 2.43. The second kappa shape index (κ2) is 11.6. The number of nitrogens with zero attached hydrogens (tertiary/aromatic N) is 5. The molecule has 0 radical (unpaired) electrons. The van der Waals surface area contributed by atoms with E-state index in [4.69, 9.17) is 18.7 Å². The number of hydrogen-bond acceptors (Lipinski definition) is 9. The normalized spacial score (nSPS) is 14.4.